The number of fused-ring (bicyclic) bond motifs is 2. The van der Waals surface area contributed by atoms with Gasteiger partial charge in [-0.2, -0.15) is 0 Å². The third kappa shape index (κ3) is 4.55. The molecule has 6 bridgehead atoms. The second-order valence-electron chi connectivity index (χ2n) is 12.0. The lowest BCUT2D eigenvalue weighted by Gasteiger charge is -2.56. The van der Waals surface area contributed by atoms with Gasteiger partial charge in [-0.3, -0.25) is 0 Å². The molecule has 3 N–H and O–H groups in total. The van der Waals surface area contributed by atoms with Crippen LogP contribution in [0.1, 0.15) is 81.5 Å². The minimum Gasteiger partial charge on any atom is -0.462 e. The first kappa shape index (κ1) is 23.6. The van der Waals surface area contributed by atoms with Crippen molar-refractivity contribution in [3.05, 3.63) is 29.8 Å². The van der Waals surface area contributed by atoms with E-state index in [1.807, 2.05) is 4.90 Å². The van der Waals surface area contributed by atoms with Crippen LogP contribution in [0.25, 0.3) is 0 Å². The summed E-state index contributed by atoms with van der Waals surface area (Å²) in [5, 5.41) is 9.70. The zero-order chi connectivity index (χ0) is 24.9. The lowest BCUT2D eigenvalue weighted by molar-refractivity contribution is -0.0138. The fraction of sp³-hybridized carbons (Fsp3) is 0.679. The van der Waals surface area contributed by atoms with Gasteiger partial charge in [0.1, 0.15) is 0 Å². The van der Waals surface area contributed by atoms with Crippen LogP contribution < -0.4 is 16.0 Å². The highest BCUT2D eigenvalue weighted by molar-refractivity contribution is 5.92. The van der Waals surface area contributed by atoms with E-state index in [1.54, 1.807) is 31.2 Å². The second-order valence-corrected chi connectivity index (χ2v) is 12.0. The molecule has 4 saturated carbocycles. The third-order valence-corrected chi connectivity index (χ3v) is 9.37. The van der Waals surface area contributed by atoms with Crippen molar-refractivity contribution in [2.45, 2.75) is 94.8 Å². The van der Waals surface area contributed by atoms with E-state index in [1.165, 1.54) is 19.3 Å². The highest BCUT2D eigenvalue weighted by atomic mass is 16.5. The molecule has 7 rings (SSSR count). The van der Waals surface area contributed by atoms with E-state index in [0.29, 0.717) is 17.9 Å². The molecule has 0 aromatic heterocycles. The maximum absolute atomic E-state index is 13.1. The Morgan fingerprint density at radius 2 is 1.50 bits per heavy atom. The number of hydrogen-bond acceptors (Lipinski definition) is 4. The minimum atomic E-state index is -0.366. The standard InChI is InChI=1S/C28H38N4O4/c1-2-36-25(33)20-3-5-21(6-4-20)30-27(35)32-23-7-8-24(32)13-22(12-23)29-26(34)31-28-14-17-9-18(15-28)11-19(10-17)16-28/h3-6,17-19,22-24H,2,7-16H2,1H3,(H,30,35)(H2,29,31,34). The fourth-order valence-electron chi connectivity index (χ4n) is 8.44. The molecule has 194 valence electrons. The summed E-state index contributed by atoms with van der Waals surface area (Å²) in [6.07, 6.45) is 11.1. The highest BCUT2D eigenvalue weighted by Gasteiger charge is 2.52. The molecule has 2 saturated heterocycles. The third-order valence-electron chi connectivity index (χ3n) is 9.37. The number of carbonyl (C=O) groups excluding carboxylic acids is 3. The van der Waals surface area contributed by atoms with Crippen molar-refractivity contribution in [3.63, 3.8) is 0 Å². The number of anilines is 1. The van der Waals surface area contributed by atoms with E-state index < -0.39 is 0 Å². The van der Waals surface area contributed by atoms with Gasteiger partial charge in [0.25, 0.3) is 0 Å². The van der Waals surface area contributed by atoms with Crippen molar-refractivity contribution >= 4 is 23.7 Å². The summed E-state index contributed by atoms with van der Waals surface area (Å²) < 4.78 is 5.02. The molecule has 2 unspecified atom stereocenters. The van der Waals surface area contributed by atoms with Crippen molar-refractivity contribution < 1.29 is 19.1 Å². The summed E-state index contributed by atoms with van der Waals surface area (Å²) in [5.74, 6) is 2.04. The van der Waals surface area contributed by atoms with Crippen LogP contribution in [-0.4, -0.2) is 53.2 Å². The number of ether oxygens (including phenoxy) is 1. The summed E-state index contributed by atoms with van der Waals surface area (Å²) in [6, 6.07) is 7.04. The molecule has 36 heavy (non-hydrogen) atoms. The lowest BCUT2D eigenvalue weighted by atomic mass is 9.53. The van der Waals surface area contributed by atoms with Gasteiger partial charge >= 0.3 is 18.0 Å². The van der Waals surface area contributed by atoms with E-state index in [-0.39, 0.29) is 41.7 Å². The molecule has 4 aliphatic carbocycles. The van der Waals surface area contributed by atoms with Gasteiger partial charge in [0.15, 0.2) is 0 Å². The van der Waals surface area contributed by atoms with E-state index in [4.69, 9.17) is 4.74 Å². The lowest BCUT2D eigenvalue weighted by Crippen LogP contribution is -2.63. The van der Waals surface area contributed by atoms with E-state index >= 15 is 0 Å². The number of benzene rings is 1. The smallest absolute Gasteiger partial charge is 0.338 e. The van der Waals surface area contributed by atoms with Crippen LogP contribution in [0.4, 0.5) is 15.3 Å². The Kier molecular flexibility index (Phi) is 6.08. The summed E-state index contributed by atoms with van der Waals surface area (Å²) in [4.78, 5) is 40.0. The first-order valence-electron chi connectivity index (χ1n) is 13.8. The predicted octanol–water partition coefficient (Wildman–Crippen LogP) is 4.66. The van der Waals surface area contributed by atoms with Gasteiger partial charge in [-0.25, -0.2) is 14.4 Å². The Bertz CT molecular complexity index is 976. The number of rotatable bonds is 5. The number of urea groups is 2. The average Bonchev–Trinajstić information content (AvgIpc) is 3.09. The molecule has 2 heterocycles. The molecule has 8 heteroatoms. The molecule has 2 atom stereocenters. The molecule has 0 radical (unpaired) electrons. The molecule has 6 aliphatic rings. The van der Waals surface area contributed by atoms with E-state index in [9.17, 15) is 14.4 Å². The van der Waals surface area contributed by atoms with Crippen LogP contribution in [0, 0.1) is 17.8 Å². The van der Waals surface area contributed by atoms with Gasteiger partial charge in [-0.1, -0.05) is 0 Å². The monoisotopic (exact) mass is 494 g/mol. The SMILES string of the molecule is CCOC(=O)c1ccc(NC(=O)N2C3CCC2CC(NC(=O)NC24CC5CC(CC(C5)C2)C4)C3)cc1. The maximum atomic E-state index is 13.1. The first-order valence-corrected chi connectivity index (χ1v) is 13.8. The molecule has 8 nitrogen and oxygen atoms in total. The predicted molar refractivity (Wildman–Crippen MR) is 136 cm³/mol. The molecule has 1 aromatic rings. The normalized spacial score (nSPS) is 35.9. The highest BCUT2D eigenvalue weighted by Crippen LogP contribution is 2.55. The van der Waals surface area contributed by atoms with Gasteiger partial charge in [0.2, 0.25) is 0 Å². The average molecular weight is 495 g/mol. The van der Waals surface area contributed by atoms with Crippen LogP contribution >= 0.6 is 0 Å². The fourth-order valence-corrected chi connectivity index (χ4v) is 8.44. The van der Waals surface area contributed by atoms with Crippen LogP contribution in [0.3, 0.4) is 0 Å². The molecular weight excluding hydrogens is 456 g/mol. The number of nitrogens with one attached hydrogen (secondary N) is 3. The summed E-state index contributed by atoms with van der Waals surface area (Å²) in [7, 11) is 0. The van der Waals surface area contributed by atoms with Crippen molar-refractivity contribution in [2.24, 2.45) is 17.8 Å². The Balaban J connectivity index is 1.02. The Morgan fingerprint density at radius 3 is 2.06 bits per heavy atom. The Labute approximate surface area is 212 Å². The van der Waals surface area contributed by atoms with Gasteiger partial charge in [0.05, 0.1) is 12.2 Å². The minimum absolute atomic E-state index is 0.0130. The maximum Gasteiger partial charge on any atom is 0.338 e. The van der Waals surface area contributed by atoms with Crippen molar-refractivity contribution in [1.82, 2.24) is 15.5 Å². The number of esters is 1. The van der Waals surface area contributed by atoms with Crippen LogP contribution in [0.2, 0.25) is 0 Å². The molecule has 0 spiro atoms. The van der Waals surface area contributed by atoms with Crippen molar-refractivity contribution in [1.29, 1.82) is 0 Å². The Hall–Kier alpha value is -2.77. The molecule has 4 amide bonds. The summed E-state index contributed by atoms with van der Waals surface area (Å²) in [6.45, 7) is 2.10. The van der Waals surface area contributed by atoms with Crippen LogP contribution in [-0.2, 0) is 4.74 Å². The largest absolute Gasteiger partial charge is 0.462 e. The van der Waals surface area contributed by atoms with Gasteiger partial charge in [0, 0.05) is 29.4 Å². The van der Waals surface area contributed by atoms with Crippen molar-refractivity contribution in [3.8, 4) is 0 Å². The molecule has 2 aliphatic heterocycles. The summed E-state index contributed by atoms with van der Waals surface area (Å²) >= 11 is 0. The Morgan fingerprint density at radius 1 is 0.917 bits per heavy atom. The molecular formula is C28H38N4O4. The number of amides is 4. The number of carbonyl (C=O) groups is 3. The van der Waals surface area contributed by atoms with Gasteiger partial charge < -0.3 is 25.6 Å². The van der Waals surface area contributed by atoms with E-state index in [0.717, 1.165) is 62.7 Å². The number of hydrogen-bond donors (Lipinski definition) is 3. The van der Waals surface area contributed by atoms with E-state index in [2.05, 4.69) is 16.0 Å². The molecule has 6 fully saturated rings. The number of piperidine rings is 1. The summed E-state index contributed by atoms with van der Waals surface area (Å²) in [5.41, 5.74) is 1.14. The van der Waals surface area contributed by atoms with Gasteiger partial charge in [-0.05, 0) is 113 Å². The molecule has 1 aromatic carbocycles. The van der Waals surface area contributed by atoms with Crippen molar-refractivity contribution in [2.75, 3.05) is 11.9 Å². The zero-order valence-corrected chi connectivity index (χ0v) is 21.1. The second kappa shape index (κ2) is 9.27. The zero-order valence-electron chi connectivity index (χ0n) is 21.1. The number of nitrogens with zero attached hydrogens (tertiary/aromatic N) is 1. The topological polar surface area (TPSA) is 99.8 Å². The quantitative estimate of drug-likeness (QED) is 0.519. The van der Waals surface area contributed by atoms with Crippen LogP contribution in [0.5, 0.6) is 0 Å². The first-order chi connectivity index (χ1) is 17.4. The van der Waals surface area contributed by atoms with Crippen LogP contribution in [0.15, 0.2) is 24.3 Å². The van der Waals surface area contributed by atoms with Gasteiger partial charge in [-0.15, -0.1) is 0 Å².